The van der Waals surface area contributed by atoms with Gasteiger partial charge in [-0.25, -0.2) is 8.42 Å². The molecular weight excluding hydrogens is 314 g/mol. The van der Waals surface area contributed by atoms with E-state index in [4.69, 9.17) is 4.74 Å². The molecule has 120 valence electrons. The molecule has 1 heterocycles. The predicted octanol–water partition coefficient (Wildman–Crippen LogP) is 2.07. The normalized spacial score (nSPS) is 17.4. The van der Waals surface area contributed by atoms with Gasteiger partial charge in [-0.15, -0.1) is 0 Å². The Morgan fingerprint density at radius 1 is 1.13 bits per heavy atom. The van der Waals surface area contributed by atoms with Gasteiger partial charge in [0.05, 0.1) is 15.4 Å². The van der Waals surface area contributed by atoms with Crippen LogP contribution in [0.25, 0.3) is 0 Å². The van der Waals surface area contributed by atoms with Gasteiger partial charge in [-0.1, -0.05) is 18.2 Å². The molecule has 0 radical (unpaired) electrons. The molecule has 2 aromatic rings. The highest BCUT2D eigenvalue weighted by Gasteiger charge is 2.28. The molecule has 0 bridgehead atoms. The van der Waals surface area contributed by atoms with Crippen molar-refractivity contribution < 1.29 is 17.9 Å². The third-order valence-electron chi connectivity index (χ3n) is 3.76. The van der Waals surface area contributed by atoms with E-state index in [0.29, 0.717) is 24.3 Å². The van der Waals surface area contributed by atoms with Gasteiger partial charge in [0, 0.05) is 13.0 Å². The summed E-state index contributed by atoms with van der Waals surface area (Å²) in [6, 6.07) is 12.6. The molecule has 0 amide bonds. The van der Waals surface area contributed by atoms with Crippen molar-refractivity contribution in [1.29, 1.82) is 0 Å². The molecular formula is C17H17NO4S. The van der Waals surface area contributed by atoms with Crippen molar-refractivity contribution in [2.24, 2.45) is 0 Å². The van der Waals surface area contributed by atoms with Crippen LogP contribution in [0.3, 0.4) is 0 Å². The lowest BCUT2D eigenvalue weighted by Gasteiger charge is -2.25. The number of hydrogen-bond donors (Lipinski definition) is 1. The van der Waals surface area contributed by atoms with E-state index in [1.54, 1.807) is 37.4 Å². The fourth-order valence-corrected chi connectivity index (χ4v) is 3.91. The first kappa shape index (κ1) is 15.7. The largest absolute Gasteiger partial charge is 0.488 e. The van der Waals surface area contributed by atoms with Gasteiger partial charge in [0.1, 0.15) is 11.9 Å². The second-order valence-corrected chi connectivity index (χ2v) is 7.35. The van der Waals surface area contributed by atoms with Crippen LogP contribution >= 0.6 is 0 Å². The molecule has 1 unspecified atom stereocenters. The first-order chi connectivity index (χ1) is 11.0. The molecule has 23 heavy (non-hydrogen) atoms. The molecule has 0 saturated heterocycles. The smallest absolute Gasteiger partial charge is 0.206 e. The average Bonchev–Trinajstić information content (AvgIpc) is 2.55. The van der Waals surface area contributed by atoms with Crippen molar-refractivity contribution in [3.63, 3.8) is 0 Å². The van der Waals surface area contributed by atoms with Crippen LogP contribution < -0.4 is 10.1 Å². The van der Waals surface area contributed by atoms with Crippen LogP contribution in [-0.4, -0.2) is 33.9 Å². The number of ether oxygens (including phenoxy) is 1. The van der Waals surface area contributed by atoms with Gasteiger partial charge < -0.3 is 10.1 Å². The van der Waals surface area contributed by atoms with Crippen molar-refractivity contribution in [3.8, 4) is 5.75 Å². The number of benzene rings is 2. The number of hydrogen-bond acceptors (Lipinski definition) is 5. The number of likely N-dealkylation sites (N-methyl/N-ethyl adjacent to an activating group) is 1. The summed E-state index contributed by atoms with van der Waals surface area (Å²) >= 11 is 0. The lowest BCUT2D eigenvalue weighted by Crippen LogP contribution is -2.35. The second-order valence-electron chi connectivity index (χ2n) is 5.40. The second kappa shape index (κ2) is 6.14. The third-order valence-corrected chi connectivity index (χ3v) is 5.52. The van der Waals surface area contributed by atoms with E-state index in [1.165, 1.54) is 18.2 Å². The van der Waals surface area contributed by atoms with Gasteiger partial charge in [-0.2, -0.15) is 0 Å². The molecule has 0 saturated carbocycles. The number of Topliss-reactive ketones (excluding diaryl/α,β-unsaturated/α-hetero) is 1. The average molecular weight is 331 g/mol. The van der Waals surface area contributed by atoms with Crippen LogP contribution in [0, 0.1) is 0 Å². The Balaban J connectivity index is 2.01. The Morgan fingerprint density at radius 3 is 2.57 bits per heavy atom. The third kappa shape index (κ3) is 3.00. The monoisotopic (exact) mass is 331 g/mol. The van der Waals surface area contributed by atoms with Crippen LogP contribution in [0.4, 0.5) is 0 Å². The molecule has 0 aromatic heterocycles. The van der Waals surface area contributed by atoms with Crippen molar-refractivity contribution >= 4 is 15.6 Å². The summed E-state index contributed by atoms with van der Waals surface area (Å²) in [5, 5.41) is 2.96. The van der Waals surface area contributed by atoms with Crippen molar-refractivity contribution in [1.82, 2.24) is 5.32 Å². The van der Waals surface area contributed by atoms with E-state index in [9.17, 15) is 13.2 Å². The number of sulfone groups is 1. The van der Waals surface area contributed by atoms with Gasteiger partial charge in [0.25, 0.3) is 0 Å². The van der Waals surface area contributed by atoms with Crippen LogP contribution in [0.1, 0.15) is 16.8 Å². The molecule has 6 heteroatoms. The zero-order valence-electron chi connectivity index (χ0n) is 12.7. The number of fused-ring (bicyclic) bond motifs is 1. The first-order valence-corrected chi connectivity index (χ1v) is 8.79. The Morgan fingerprint density at radius 2 is 1.87 bits per heavy atom. The highest BCUT2D eigenvalue weighted by Crippen LogP contribution is 2.32. The van der Waals surface area contributed by atoms with Crippen molar-refractivity contribution in [2.45, 2.75) is 22.3 Å². The minimum Gasteiger partial charge on any atom is -0.488 e. The summed E-state index contributed by atoms with van der Waals surface area (Å²) in [5.74, 6) is 0.300. The molecule has 0 fully saturated rings. The van der Waals surface area contributed by atoms with Gasteiger partial charge in [0.15, 0.2) is 5.78 Å². The molecule has 1 N–H and O–H groups in total. The Hall–Kier alpha value is -2.18. The minimum atomic E-state index is -3.63. The number of carbonyl (C=O) groups is 1. The summed E-state index contributed by atoms with van der Waals surface area (Å²) in [5.41, 5.74) is 0.435. The molecule has 0 aliphatic carbocycles. The zero-order valence-corrected chi connectivity index (χ0v) is 13.5. The van der Waals surface area contributed by atoms with E-state index < -0.39 is 9.84 Å². The van der Waals surface area contributed by atoms with E-state index in [1.807, 2.05) is 0 Å². The zero-order chi connectivity index (χ0) is 16.4. The highest BCUT2D eigenvalue weighted by atomic mass is 32.2. The van der Waals surface area contributed by atoms with Crippen LogP contribution in [0.2, 0.25) is 0 Å². The van der Waals surface area contributed by atoms with Crippen molar-refractivity contribution in [3.05, 3.63) is 54.1 Å². The van der Waals surface area contributed by atoms with E-state index in [2.05, 4.69) is 5.32 Å². The van der Waals surface area contributed by atoms with Gasteiger partial charge in [0.2, 0.25) is 9.84 Å². The lowest BCUT2D eigenvalue weighted by molar-refractivity contribution is 0.0851. The fourth-order valence-electron chi connectivity index (χ4n) is 2.61. The molecule has 1 atom stereocenters. The molecule has 3 rings (SSSR count). The van der Waals surface area contributed by atoms with E-state index in [-0.39, 0.29) is 21.7 Å². The summed E-state index contributed by atoms with van der Waals surface area (Å²) in [6.07, 6.45) is 0.00760. The molecule has 2 aromatic carbocycles. The quantitative estimate of drug-likeness (QED) is 0.928. The lowest BCUT2D eigenvalue weighted by atomic mass is 10.0. The maximum absolute atomic E-state index is 12.7. The number of rotatable bonds is 4. The van der Waals surface area contributed by atoms with Crippen LogP contribution in [0.5, 0.6) is 5.75 Å². The molecule has 5 nitrogen and oxygen atoms in total. The maximum Gasteiger partial charge on any atom is 0.206 e. The Bertz CT molecular complexity index is 831. The van der Waals surface area contributed by atoms with Crippen molar-refractivity contribution in [2.75, 3.05) is 13.6 Å². The fraction of sp³-hybridized carbons (Fsp3) is 0.235. The van der Waals surface area contributed by atoms with Gasteiger partial charge >= 0.3 is 0 Å². The Labute approximate surface area is 135 Å². The van der Waals surface area contributed by atoms with Crippen LogP contribution in [-0.2, 0) is 9.84 Å². The Kier molecular flexibility index (Phi) is 4.19. The number of ketones is 1. The first-order valence-electron chi connectivity index (χ1n) is 7.31. The van der Waals surface area contributed by atoms with E-state index in [0.717, 1.165) is 0 Å². The maximum atomic E-state index is 12.7. The summed E-state index contributed by atoms with van der Waals surface area (Å²) < 4.78 is 31.1. The minimum absolute atomic E-state index is 0.0323. The van der Waals surface area contributed by atoms with E-state index >= 15 is 0 Å². The highest BCUT2D eigenvalue weighted by molar-refractivity contribution is 7.91. The predicted molar refractivity (Wildman–Crippen MR) is 85.6 cm³/mol. The number of nitrogens with one attached hydrogen (secondary N) is 1. The summed E-state index contributed by atoms with van der Waals surface area (Å²) in [6.45, 7) is 0.529. The molecule has 1 aliphatic rings. The number of carbonyl (C=O) groups excluding carboxylic acids is 1. The topological polar surface area (TPSA) is 72.5 Å². The standard InChI is InChI=1S/C17H17NO4S/c1-18-11-12-9-16(19)15-8-7-14(10-17(15)22-12)23(20,21)13-5-3-2-4-6-13/h2-8,10,12,18H,9,11H2,1H3. The molecule has 0 spiro atoms. The summed E-state index contributed by atoms with van der Waals surface area (Å²) in [4.78, 5) is 12.5. The summed E-state index contributed by atoms with van der Waals surface area (Å²) in [7, 11) is -1.85. The van der Waals surface area contributed by atoms with Crippen LogP contribution in [0.15, 0.2) is 58.3 Å². The van der Waals surface area contributed by atoms with Gasteiger partial charge in [-0.05, 0) is 37.4 Å². The molecule has 1 aliphatic heterocycles. The SMILES string of the molecule is CNCC1CC(=O)c2ccc(S(=O)(=O)c3ccccc3)cc2O1. The van der Waals surface area contributed by atoms with Gasteiger partial charge in [-0.3, -0.25) is 4.79 Å².